The van der Waals surface area contributed by atoms with Gasteiger partial charge in [-0.15, -0.1) is 0 Å². The summed E-state index contributed by atoms with van der Waals surface area (Å²) >= 11 is 0. The van der Waals surface area contributed by atoms with Gasteiger partial charge in [-0.25, -0.2) is 0 Å². The molecule has 4 nitrogen and oxygen atoms in total. The van der Waals surface area contributed by atoms with Crippen LogP contribution >= 0.6 is 0 Å². The molecule has 2 heterocycles. The molecular weight excluding hydrogens is 228 g/mol. The lowest BCUT2D eigenvalue weighted by molar-refractivity contribution is -0.137. The van der Waals surface area contributed by atoms with Gasteiger partial charge in [0.05, 0.1) is 11.3 Å². The Morgan fingerprint density at radius 1 is 1.56 bits per heavy atom. The second-order valence-electron chi connectivity index (χ2n) is 5.73. The van der Waals surface area contributed by atoms with Crippen LogP contribution in [0.3, 0.4) is 0 Å². The minimum Gasteiger partial charge on any atom is -0.375 e. The van der Waals surface area contributed by atoms with Crippen LogP contribution in [-0.4, -0.2) is 27.8 Å². The molecule has 0 amide bonds. The Balaban J connectivity index is 1.78. The standard InChI is InChI=1S/C14H20N2O2/c1-10-8-12(16(2)15-10)13(17)11-4-7-18-14(9-11)5-3-6-14/h8,11H,3-7,9H2,1-2H3. The van der Waals surface area contributed by atoms with Crippen LogP contribution in [0.4, 0.5) is 0 Å². The van der Waals surface area contributed by atoms with Gasteiger partial charge >= 0.3 is 0 Å². The van der Waals surface area contributed by atoms with Gasteiger partial charge in [-0.2, -0.15) is 5.10 Å². The molecule has 1 atom stereocenters. The largest absolute Gasteiger partial charge is 0.375 e. The van der Waals surface area contributed by atoms with E-state index in [2.05, 4.69) is 5.10 Å². The van der Waals surface area contributed by atoms with Gasteiger partial charge in [0.25, 0.3) is 0 Å². The van der Waals surface area contributed by atoms with Gasteiger partial charge in [-0.05, 0) is 45.1 Å². The van der Waals surface area contributed by atoms with Crippen LogP contribution < -0.4 is 0 Å². The van der Waals surface area contributed by atoms with Crippen molar-refractivity contribution in [2.45, 2.75) is 44.6 Å². The fourth-order valence-electron chi connectivity index (χ4n) is 3.22. The molecule has 98 valence electrons. The number of nitrogens with zero attached hydrogens (tertiary/aromatic N) is 2. The van der Waals surface area contributed by atoms with Crippen LogP contribution in [0.5, 0.6) is 0 Å². The third kappa shape index (κ3) is 1.88. The summed E-state index contributed by atoms with van der Waals surface area (Å²) < 4.78 is 7.59. The van der Waals surface area contributed by atoms with Crippen molar-refractivity contribution in [3.05, 3.63) is 17.5 Å². The first-order valence-electron chi connectivity index (χ1n) is 6.78. The van der Waals surface area contributed by atoms with Crippen LogP contribution in [0, 0.1) is 12.8 Å². The van der Waals surface area contributed by atoms with Crippen molar-refractivity contribution in [1.29, 1.82) is 0 Å². The average Bonchev–Trinajstić information content (AvgIpc) is 2.66. The fraction of sp³-hybridized carbons (Fsp3) is 0.714. The van der Waals surface area contributed by atoms with E-state index in [0.29, 0.717) is 0 Å². The molecule has 0 aromatic carbocycles. The number of ether oxygens (including phenoxy) is 1. The number of rotatable bonds is 2. The second-order valence-corrected chi connectivity index (χ2v) is 5.73. The molecule has 3 rings (SSSR count). The van der Waals surface area contributed by atoms with E-state index in [0.717, 1.165) is 43.7 Å². The Labute approximate surface area is 107 Å². The lowest BCUT2D eigenvalue weighted by atomic mass is 9.71. The van der Waals surface area contributed by atoms with Gasteiger partial charge in [-0.3, -0.25) is 9.48 Å². The monoisotopic (exact) mass is 248 g/mol. The minimum atomic E-state index is 0.0339. The van der Waals surface area contributed by atoms with Crippen molar-refractivity contribution in [2.24, 2.45) is 13.0 Å². The zero-order valence-corrected chi connectivity index (χ0v) is 11.1. The van der Waals surface area contributed by atoms with Crippen molar-refractivity contribution < 1.29 is 9.53 Å². The molecule has 1 unspecified atom stereocenters. The summed E-state index contributed by atoms with van der Waals surface area (Å²) in [6.07, 6.45) is 5.25. The number of carbonyl (C=O) groups is 1. The smallest absolute Gasteiger partial charge is 0.184 e. The molecule has 1 aliphatic carbocycles. The van der Waals surface area contributed by atoms with E-state index < -0.39 is 0 Å². The van der Waals surface area contributed by atoms with Crippen LogP contribution in [-0.2, 0) is 11.8 Å². The summed E-state index contributed by atoms with van der Waals surface area (Å²) in [5.74, 6) is 0.363. The van der Waals surface area contributed by atoms with E-state index in [4.69, 9.17) is 4.74 Å². The van der Waals surface area contributed by atoms with E-state index in [1.54, 1.807) is 4.68 Å². The first kappa shape index (κ1) is 11.9. The Hall–Kier alpha value is -1.16. The Morgan fingerprint density at radius 2 is 2.33 bits per heavy atom. The van der Waals surface area contributed by atoms with E-state index in [9.17, 15) is 4.79 Å². The highest BCUT2D eigenvalue weighted by molar-refractivity contribution is 5.96. The summed E-state index contributed by atoms with van der Waals surface area (Å²) in [7, 11) is 1.85. The van der Waals surface area contributed by atoms with E-state index in [-0.39, 0.29) is 17.3 Å². The average molecular weight is 248 g/mol. The topological polar surface area (TPSA) is 44.1 Å². The molecule has 1 saturated heterocycles. The molecule has 1 saturated carbocycles. The zero-order valence-electron chi connectivity index (χ0n) is 11.1. The van der Waals surface area contributed by atoms with Gasteiger partial charge in [0.15, 0.2) is 5.78 Å². The molecule has 1 aromatic heterocycles. The quantitative estimate of drug-likeness (QED) is 0.754. The molecule has 0 N–H and O–H groups in total. The number of hydrogen-bond donors (Lipinski definition) is 0. The third-order valence-electron chi connectivity index (χ3n) is 4.38. The molecule has 0 radical (unpaired) electrons. The highest BCUT2D eigenvalue weighted by Gasteiger charge is 2.44. The molecule has 18 heavy (non-hydrogen) atoms. The van der Waals surface area contributed by atoms with Crippen molar-refractivity contribution in [3.8, 4) is 0 Å². The van der Waals surface area contributed by atoms with Gasteiger partial charge in [0.1, 0.15) is 5.69 Å². The maximum atomic E-state index is 12.5. The zero-order chi connectivity index (χ0) is 12.8. The van der Waals surface area contributed by atoms with Crippen LogP contribution in [0.1, 0.15) is 48.3 Å². The summed E-state index contributed by atoms with van der Waals surface area (Å²) in [6, 6.07) is 1.89. The molecule has 1 aromatic rings. The van der Waals surface area contributed by atoms with Crippen LogP contribution in [0.15, 0.2) is 6.07 Å². The summed E-state index contributed by atoms with van der Waals surface area (Å²) in [6.45, 7) is 2.65. The summed E-state index contributed by atoms with van der Waals surface area (Å²) in [5, 5.41) is 4.26. The van der Waals surface area contributed by atoms with Crippen molar-refractivity contribution >= 4 is 5.78 Å². The normalized spacial score (nSPS) is 26.0. The molecular formula is C14H20N2O2. The Kier molecular flexibility index (Phi) is 2.77. The lowest BCUT2D eigenvalue weighted by Gasteiger charge is -2.46. The van der Waals surface area contributed by atoms with Gasteiger partial charge < -0.3 is 4.74 Å². The number of aromatic nitrogens is 2. The number of carbonyl (C=O) groups excluding carboxylic acids is 1. The van der Waals surface area contributed by atoms with E-state index in [1.807, 2.05) is 20.0 Å². The van der Waals surface area contributed by atoms with Crippen LogP contribution in [0.2, 0.25) is 0 Å². The predicted octanol–water partition coefficient (Wildman–Crippen LogP) is 2.26. The van der Waals surface area contributed by atoms with Crippen molar-refractivity contribution in [3.63, 3.8) is 0 Å². The number of aryl methyl sites for hydroxylation is 2. The Bertz CT molecular complexity index is 474. The van der Waals surface area contributed by atoms with Gasteiger partial charge in [-0.1, -0.05) is 0 Å². The predicted molar refractivity (Wildman–Crippen MR) is 67.5 cm³/mol. The fourth-order valence-corrected chi connectivity index (χ4v) is 3.22. The maximum absolute atomic E-state index is 12.5. The second kappa shape index (κ2) is 4.19. The molecule has 1 aliphatic heterocycles. The summed E-state index contributed by atoms with van der Waals surface area (Å²) in [4.78, 5) is 12.5. The molecule has 1 spiro atoms. The van der Waals surface area contributed by atoms with E-state index >= 15 is 0 Å². The highest BCUT2D eigenvalue weighted by atomic mass is 16.5. The minimum absolute atomic E-state index is 0.0339. The first-order chi connectivity index (χ1) is 8.60. The SMILES string of the molecule is Cc1cc(C(=O)C2CCOC3(CCC3)C2)n(C)n1. The van der Waals surface area contributed by atoms with Crippen molar-refractivity contribution in [2.75, 3.05) is 6.61 Å². The summed E-state index contributed by atoms with van der Waals surface area (Å²) in [5.41, 5.74) is 1.69. The molecule has 2 fully saturated rings. The number of ketones is 1. The first-order valence-corrected chi connectivity index (χ1v) is 6.78. The van der Waals surface area contributed by atoms with E-state index in [1.165, 1.54) is 6.42 Å². The maximum Gasteiger partial charge on any atom is 0.184 e. The lowest BCUT2D eigenvalue weighted by Crippen LogP contribution is -2.47. The molecule has 4 heteroatoms. The number of hydrogen-bond acceptors (Lipinski definition) is 3. The van der Waals surface area contributed by atoms with Gasteiger partial charge in [0, 0.05) is 19.6 Å². The highest BCUT2D eigenvalue weighted by Crippen LogP contribution is 2.44. The molecule has 2 aliphatic rings. The Morgan fingerprint density at radius 3 is 2.89 bits per heavy atom. The van der Waals surface area contributed by atoms with Gasteiger partial charge in [0.2, 0.25) is 0 Å². The van der Waals surface area contributed by atoms with Crippen molar-refractivity contribution in [1.82, 2.24) is 9.78 Å². The number of Topliss-reactive ketones (excluding diaryl/α,β-unsaturated/α-hetero) is 1. The molecule has 0 bridgehead atoms. The van der Waals surface area contributed by atoms with Crippen LogP contribution in [0.25, 0.3) is 0 Å². The third-order valence-corrected chi connectivity index (χ3v) is 4.38.